The Kier molecular flexibility index (Phi) is 5.41. The van der Waals surface area contributed by atoms with Gasteiger partial charge in [0.25, 0.3) is 5.69 Å². The Hall–Kier alpha value is -2.31. The number of benzene rings is 2. The summed E-state index contributed by atoms with van der Waals surface area (Å²) >= 11 is 11.8. The zero-order valence-electron chi connectivity index (χ0n) is 12.0. The third kappa shape index (κ3) is 4.34. The second-order valence-corrected chi connectivity index (χ2v) is 5.45. The standard InChI is InChI=1S/C15H12Cl2N2O4/c1-23-14-5-4-11(19(21)22)8-13(14)18-15(20)6-9-2-3-10(16)7-12(9)17/h2-5,7-8H,6H2,1H3,(H,18,20). The SMILES string of the molecule is COc1ccc([N+](=O)[O-])cc1NC(=O)Cc1ccc(Cl)cc1Cl. The Morgan fingerprint density at radius 1 is 1.26 bits per heavy atom. The highest BCUT2D eigenvalue weighted by Crippen LogP contribution is 2.29. The topological polar surface area (TPSA) is 81.5 Å². The average Bonchev–Trinajstić information content (AvgIpc) is 2.50. The molecule has 0 aliphatic rings. The molecule has 8 heteroatoms. The van der Waals surface area contributed by atoms with E-state index in [1.807, 2.05) is 0 Å². The summed E-state index contributed by atoms with van der Waals surface area (Å²) in [4.78, 5) is 22.4. The van der Waals surface area contributed by atoms with E-state index in [2.05, 4.69) is 5.32 Å². The van der Waals surface area contributed by atoms with Gasteiger partial charge in [-0.15, -0.1) is 0 Å². The summed E-state index contributed by atoms with van der Waals surface area (Å²) < 4.78 is 5.09. The molecule has 0 aromatic heterocycles. The molecule has 0 atom stereocenters. The van der Waals surface area contributed by atoms with Crippen LogP contribution in [0.5, 0.6) is 5.75 Å². The fourth-order valence-electron chi connectivity index (χ4n) is 1.94. The van der Waals surface area contributed by atoms with Crippen LogP contribution >= 0.6 is 23.2 Å². The van der Waals surface area contributed by atoms with E-state index in [-0.39, 0.29) is 23.7 Å². The van der Waals surface area contributed by atoms with Crippen LogP contribution in [0.25, 0.3) is 0 Å². The summed E-state index contributed by atoms with van der Waals surface area (Å²) in [7, 11) is 1.41. The number of rotatable bonds is 5. The summed E-state index contributed by atoms with van der Waals surface area (Å²) in [5.74, 6) is -0.0563. The first-order valence-electron chi connectivity index (χ1n) is 6.47. The van der Waals surface area contributed by atoms with Gasteiger partial charge in [-0.1, -0.05) is 29.3 Å². The van der Waals surface area contributed by atoms with Gasteiger partial charge in [0.1, 0.15) is 5.75 Å². The Bertz CT molecular complexity index is 765. The van der Waals surface area contributed by atoms with E-state index in [0.29, 0.717) is 21.4 Å². The molecule has 0 saturated carbocycles. The lowest BCUT2D eigenvalue weighted by Gasteiger charge is -2.10. The normalized spacial score (nSPS) is 10.2. The second-order valence-electron chi connectivity index (χ2n) is 4.60. The molecule has 0 spiro atoms. The van der Waals surface area contributed by atoms with Gasteiger partial charge in [0.2, 0.25) is 5.91 Å². The van der Waals surface area contributed by atoms with Crippen LogP contribution in [0, 0.1) is 10.1 Å². The minimum absolute atomic E-state index is 0.00183. The Labute approximate surface area is 142 Å². The fourth-order valence-corrected chi connectivity index (χ4v) is 2.41. The zero-order valence-corrected chi connectivity index (χ0v) is 13.5. The minimum atomic E-state index is -0.550. The van der Waals surface area contributed by atoms with E-state index in [0.717, 1.165) is 0 Å². The van der Waals surface area contributed by atoms with Crippen LogP contribution in [0.4, 0.5) is 11.4 Å². The number of nitrogens with one attached hydrogen (secondary N) is 1. The molecule has 23 heavy (non-hydrogen) atoms. The summed E-state index contributed by atoms with van der Waals surface area (Å²) in [5.41, 5.74) is 0.667. The number of methoxy groups -OCH3 is 1. The number of non-ortho nitro benzene ring substituents is 1. The van der Waals surface area contributed by atoms with Crippen LogP contribution in [0.1, 0.15) is 5.56 Å². The number of anilines is 1. The molecule has 0 bridgehead atoms. The highest BCUT2D eigenvalue weighted by atomic mass is 35.5. The number of carbonyl (C=O) groups excluding carboxylic acids is 1. The van der Waals surface area contributed by atoms with Gasteiger partial charge < -0.3 is 10.1 Å². The van der Waals surface area contributed by atoms with Crippen LogP contribution in [-0.2, 0) is 11.2 Å². The monoisotopic (exact) mass is 354 g/mol. The molecule has 0 aliphatic carbocycles. The lowest BCUT2D eigenvalue weighted by atomic mass is 10.1. The average molecular weight is 355 g/mol. The Morgan fingerprint density at radius 2 is 2.00 bits per heavy atom. The van der Waals surface area contributed by atoms with Gasteiger partial charge in [0.15, 0.2) is 0 Å². The number of amides is 1. The van der Waals surface area contributed by atoms with Crippen molar-refractivity contribution in [3.05, 3.63) is 62.1 Å². The van der Waals surface area contributed by atoms with Crippen LogP contribution < -0.4 is 10.1 Å². The number of nitrogens with zero attached hydrogens (tertiary/aromatic N) is 1. The number of carbonyl (C=O) groups is 1. The van der Waals surface area contributed by atoms with Crippen molar-refractivity contribution in [2.75, 3.05) is 12.4 Å². The van der Waals surface area contributed by atoms with Gasteiger partial charge in [0, 0.05) is 22.2 Å². The molecule has 1 N–H and O–H groups in total. The van der Waals surface area contributed by atoms with Crippen molar-refractivity contribution < 1.29 is 14.5 Å². The van der Waals surface area contributed by atoms with Crippen molar-refractivity contribution in [2.45, 2.75) is 6.42 Å². The third-order valence-electron chi connectivity index (χ3n) is 3.03. The van der Waals surface area contributed by atoms with Crippen molar-refractivity contribution in [3.8, 4) is 5.75 Å². The molecule has 0 saturated heterocycles. The smallest absolute Gasteiger partial charge is 0.271 e. The van der Waals surface area contributed by atoms with Crippen molar-refractivity contribution >= 4 is 40.5 Å². The first kappa shape index (κ1) is 17.1. The molecule has 0 radical (unpaired) electrons. The largest absolute Gasteiger partial charge is 0.495 e. The lowest BCUT2D eigenvalue weighted by Crippen LogP contribution is -2.15. The molecule has 0 fully saturated rings. The Morgan fingerprint density at radius 3 is 2.61 bits per heavy atom. The summed E-state index contributed by atoms with van der Waals surface area (Å²) in [6.45, 7) is 0. The highest BCUT2D eigenvalue weighted by Gasteiger charge is 2.14. The number of nitro benzene ring substituents is 1. The van der Waals surface area contributed by atoms with Gasteiger partial charge in [-0.2, -0.15) is 0 Å². The van der Waals surface area contributed by atoms with Gasteiger partial charge in [0.05, 0.1) is 24.1 Å². The van der Waals surface area contributed by atoms with E-state index >= 15 is 0 Å². The van der Waals surface area contributed by atoms with Gasteiger partial charge in [-0.3, -0.25) is 14.9 Å². The molecular weight excluding hydrogens is 343 g/mol. The van der Waals surface area contributed by atoms with E-state index in [1.54, 1.807) is 18.2 Å². The maximum absolute atomic E-state index is 12.1. The van der Waals surface area contributed by atoms with Crippen molar-refractivity contribution in [3.63, 3.8) is 0 Å². The van der Waals surface area contributed by atoms with Crippen LogP contribution in [0.3, 0.4) is 0 Å². The molecule has 0 aliphatic heterocycles. The molecule has 2 rings (SSSR count). The zero-order chi connectivity index (χ0) is 17.0. The highest BCUT2D eigenvalue weighted by molar-refractivity contribution is 6.35. The maximum atomic E-state index is 12.1. The lowest BCUT2D eigenvalue weighted by molar-refractivity contribution is -0.384. The van der Waals surface area contributed by atoms with E-state index in [4.69, 9.17) is 27.9 Å². The number of hydrogen-bond acceptors (Lipinski definition) is 4. The predicted molar refractivity (Wildman–Crippen MR) is 88.4 cm³/mol. The molecule has 0 unspecified atom stereocenters. The first-order chi connectivity index (χ1) is 10.9. The third-order valence-corrected chi connectivity index (χ3v) is 3.62. The molecule has 2 aromatic rings. The van der Waals surface area contributed by atoms with Gasteiger partial charge in [-0.25, -0.2) is 0 Å². The quantitative estimate of drug-likeness (QED) is 0.647. The number of hydrogen-bond donors (Lipinski definition) is 1. The van der Waals surface area contributed by atoms with Crippen LogP contribution in [0.2, 0.25) is 10.0 Å². The summed E-state index contributed by atoms with van der Waals surface area (Å²) in [6.07, 6.45) is 0.00183. The summed E-state index contributed by atoms with van der Waals surface area (Å²) in [5, 5.41) is 14.3. The van der Waals surface area contributed by atoms with E-state index in [1.165, 1.54) is 25.3 Å². The molecule has 0 heterocycles. The number of nitro groups is 1. The van der Waals surface area contributed by atoms with Crippen LogP contribution in [0.15, 0.2) is 36.4 Å². The fraction of sp³-hybridized carbons (Fsp3) is 0.133. The van der Waals surface area contributed by atoms with Crippen molar-refractivity contribution in [1.82, 2.24) is 0 Å². The molecule has 1 amide bonds. The van der Waals surface area contributed by atoms with Crippen molar-refractivity contribution in [1.29, 1.82) is 0 Å². The number of ether oxygens (including phenoxy) is 1. The first-order valence-corrected chi connectivity index (χ1v) is 7.22. The molecule has 120 valence electrons. The molecule has 6 nitrogen and oxygen atoms in total. The molecular formula is C15H12Cl2N2O4. The van der Waals surface area contributed by atoms with Crippen LogP contribution in [-0.4, -0.2) is 17.9 Å². The predicted octanol–water partition coefficient (Wildman–Crippen LogP) is 4.09. The maximum Gasteiger partial charge on any atom is 0.271 e. The van der Waals surface area contributed by atoms with E-state index < -0.39 is 4.92 Å². The summed E-state index contributed by atoms with van der Waals surface area (Å²) in [6, 6.07) is 8.77. The number of halogens is 2. The van der Waals surface area contributed by atoms with E-state index in [9.17, 15) is 14.9 Å². The second kappa shape index (κ2) is 7.30. The van der Waals surface area contributed by atoms with Crippen molar-refractivity contribution in [2.24, 2.45) is 0 Å². The van der Waals surface area contributed by atoms with Gasteiger partial charge in [-0.05, 0) is 23.8 Å². The molecule has 2 aromatic carbocycles. The Balaban J connectivity index is 2.19. The van der Waals surface area contributed by atoms with Gasteiger partial charge >= 0.3 is 0 Å². The minimum Gasteiger partial charge on any atom is -0.495 e.